The highest BCUT2D eigenvalue weighted by Gasteiger charge is 2.30. The number of carboxylic acids is 1. The maximum absolute atomic E-state index is 13.4. The molecular weight excluding hydrogens is 530 g/mol. The summed E-state index contributed by atoms with van der Waals surface area (Å²) in [5.41, 5.74) is 3.20. The molecule has 38 heavy (non-hydrogen) atoms. The van der Waals surface area contributed by atoms with Crippen molar-refractivity contribution in [3.8, 4) is 5.75 Å². The maximum atomic E-state index is 13.4. The van der Waals surface area contributed by atoms with Crippen molar-refractivity contribution in [1.82, 2.24) is 15.8 Å². The van der Waals surface area contributed by atoms with Crippen LogP contribution >= 0.6 is 22.9 Å². The van der Waals surface area contributed by atoms with Crippen LogP contribution in [0.1, 0.15) is 42.9 Å². The molecule has 1 heterocycles. The minimum Gasteiger partial charge on any atom is -0.508 e. The van der Waals surface area contributed by atoms with E-state index in [9.17, 15) is 29.4 Å². The number of nitrogens with one attached hydrogen (secondary N) is 2. The fourth-order valence-electron chi connectivity index (χ4n) is 3.56. The normalized spacial score (nSPS) is 11.6. The molecule has 1 aromatic heterocycles. The molecule has 0 radical (unpaired) electrons. The Kier molecular flexibility index (Phi) is 8.06. The van der Waals surface area contributed by atoms with Crippen molar-refractivity contribution in [1.29, 1.82) is 0 Å². The molecule has 0 saturated heterocycles. The fraction of sp³-hybridized carbons (Fsp3) is 0.111. The van der Waals surface area contributed by atoms with E-state index >= 15 is 0 Å². The van der Waals surface area contributed by atoms with Gasteiger partial charge in [-0.15, -0.1) is 11.3 Å². The molecule has 0 spiro atoms. The van der Waals surface area contributed by atoms with Gasteiger partial charge in [-0.3, -0.25) is 19.2 Å². The third-order valence-corrected chi connectivity index (χ3v) is 6.98. The Hall–Kier alpha value is -4.25. The van der Waals surface area contributed by atoms with E-state index in [1.54, 1.807) is 18.2 Å². The van der Waals surface area contributed by atoms with Crippen molar-refractivity contribution in [3.63, 3.8) is 0 Å². The number of phenolic OH excluding ortho intramolecular Hbond substituents is 1. The minimum atomic E-state index is -1.27. The monoisotopic (exact) mass is 551 g/mol. The number of hydrogen-bond acceptors (Lipinski definition) is 7. The summed E-state index contributed by atoms with van der Waals surface area (Å²) in [5.74, 6) is -3.28. The van der Waals surface area contributed by atoms with E-state index in [0.717, 1.165) is 21.4 Å². The summed E-state index contributed by atoms with van der Waals surface area (Å²) in [7, 11) is 0. The van der Waals surface area contributed by atoms with Crippen molar-refractivity contribution in [2.24, 2.45) is 0 Å². The molecule has 9 nitrogen and oxygen atoms in total. The number of rotatable bonds is 8. The van der Waals surface area contributed by atoms with Crippen molar-refractivity contribution in [2.45, 2.75) is 19.5 Å². The first-order valence-electron chi connectivity index (χ1n) is 11.4. The zero-order valence-corrected chi connectivity index (χ0v) is 21.5. The number of benzene rings is 3. The molecular formula is C27H22ClN3O6S. The molecule has 0 aliphatic heterocycles. The number of thiophene rings is 1. The highest BCUT2D eigenvalue weighted by Crippen LogP contribution is 2.27. The summed E-state index contributed by atoms with van der Waals surface area (Å²) < 4.78 is 0.827. The Morgan fingerprint density at radius 3 is 2.42 bits per heavy atom. The zero-order valence-electron chi connectivity index (χ0n) is 20.0. The highest BCUT2D eigenvalue weighted by molar-refractivity contribution is 7.20. The predicted octanol–water partition coefficient (Wildman–Crippen LogP) is 4.45. The summed E-state index contributed by atoms with van der Waals surface area (Å²) in [4.78, 5) is 51.1. The van der Waals surface area contributed by atoms with Crippen LogP contribution in [-0.2, 0) is 11.3 Å². The van der Waals surface area contributed by atoms with Gasteiger partial charge in [0.2, 0.25) is 0 Å². The number of halogens is 1. The Morgan fingerprint density at radius 2 is 1.74 bits per heavy atom. The average molecular weight is 552 g/mol. The molecule has 4 N–H and O–H groups in total. The summed E-state index contributed by atoms with van der Waals surface area (Å²) in [5, 5.41) is 23.0. The molecule has 0 saturated carbocycles. The van der Waals surface area contributed by atoms with Crippen LogP contribution in [0.15, 0.2) is 72.8 Å². The average Bonchev–Trinajstić information content (AvgIpc) is 3.34. The number of hydrogen-bond donors (Lipinski definition) is 4. The van der Waals surface area contributed by atoms with Gasteiger partial charge in [0, 0.05) is 16.8 Å². The molecule has 0 aliphatic carbocycles. The molecule has 0 unspecified atom stereocenters. The second kappa shape index (κ2) is 11.4. The second-order valence-corrected chi connectivity index (χ2v) is 9.82. The summed E-state index contributed by atoms with van der Waals surface area (Å²) >= 11 is 7.52. The van der Waals surface area contributed by atoms with Crippen molar-refractivity contribution < 1.29 is 29.4 Å². The SMILES string of the molecule is C[C@H](NN(C(=O)c1cc2ccccc2s1)C(=O)c1ccc(C(=O)NCc2cccc(O)c2)cc1Cl)C(=O)O. The van der Waals surface area contributed by atoms with Gasteiger partial charge in [0.25, 0.3) is 17.7 Å². The van der Waals surface area contributed by atoms with E-state index in [1.807, 2.05) is 24.3 Å². The van der Waals surface area contributed by atoms with Gasteiger partial charge in [0.15, 0.2) is 0 Å². The maximum Gasteiger partial charge on any atom is 0.322 e. The Bertz CT molecular complexity index is 1520. The van der Waals surface area contributed by atoms with Gasteiger partial charge in [-0.2, -0.15) is 0 Å². The molecule has 4 aromatic rings. The van der Waals surface area contributed by atoms with Gasteiger partial charge in [-0.1, -0.05) is 41.9 Å². The van der Waals surface area contributed by atoms with E-state index in [0.29, 0.717) is 10.6 Å². The van der Waals surface area contributed by atoms with Crippen LogP contribution in [-0.4, -0.2) is 45.0 Å². The van der Waals surface area contributed by atoms with Crippen LogP contribution in [0.3, 0.4) is 0 Å². The van der Waals surface area contributed by atoms with E-state index in [1.165, 1.54) is 37.3 Å². The van der Waals surface area contributed by atoms with Crippen LogP contribution < -0.4 is 10.7 Å². The van der Waals surface area contributed by atoms with Gasteiger partial charge < -0.3 is 15.5 Å². The van der Waals surface area contributed by atoms with Crippen molar-refractivity contribution in [2.75, 3.05) is 0 Å². The first-order valence-corrected chi connectivity index (χ1v) is 12.6. The Balaban J connectivity index is 1.57. The van der Waals surface area contributed by atoms with Gasteiger partial charge in [0.05, 0.1) is 15.5 Å². The van der Waals surface area contributed by atoms with E-state index in [2.05, 4.69) is 10.7 Å². The molecule has 0 aliphatic rings. The number of carbonyl (C=O) groups is 4. The molecule has 0 bridgehead atoms. The number of nitrogens with zero attached hydrogens (tertiary/aromatic N) is 1. The third-order valence-electron chi connectivity index (χ3n) is 5.56. The number of hydrazine groups is 1. The number of aromatic hydroxyl groups is 1. The summed E-state index contributed by atoms with van der Waals surface area (Å²) in [6.45, 7) is 1.45. The smallest absolute Gasteiger partial charge is 0.322 e. The topological polar surface area (TPSA) is 136 Å². The van der Waals surface area contributed by atoms with Crippen LogP contribution in [0.25, 0.3) is 10.1 Å². The molecule has 194 valence electrons. The number of carbonyl (C=O) groups excluding carboxylic acids is 3. The van der Waals surface area contributed by atoms with E-state index in [-0.39, 0.29) is 33.3 Å². The molecule has 1 atom stereocenters. The zero-order chi connectivity index (χ0) is 27.4. The fourth-order valence-corrected chi connectivity index (χ4v) is 4.81. The molecule has 3 aromatic carbocycles. The lowest BCUT2D eigenvalue weighted by atomic mass is 10.1. The van der Waals surface area contributed by atoms with Crippen LogP contribution in [0.2, 0.25) is 5.02 Å². The summed E-state index contributed by atoms with van der Waals surface area (Å²) in [6.07, 6.45) is 0. The van der Waals surface area contributed by atoms with Gasteiger partial charge in [-0.25, -0.2) is 10.4 Å². The van der Waals surface area contributed by atoms with E-state index < -0.39 is 29.7 Å². The molecule has 0 fully saturated rings. The van der Waals surface area contributed by atoms with Crippen molar-refractivity contribution >= 4 is 56.7 Å². The standard InChI is InChI=1S/C27H22ClN3O6S/c1-15(27(36)37)30-31(26(35)23-13-17-6-2-3-8-22(17)38-23)25(34)20-10-9-18(12-21(20)28)24(33)29-14-16-5-4-7-19(32)11-16/h2-13,15,30,32H,14H2,1H3,(H,29,33)(H,36,37)/t15-/m0/s1. The molecule has 4 rings (SSSR count). The second-order valence-electron chi connectivity index (χ2n) is 8.33. The number of fused-ring (bicyclic) bond motifs is 1. The number of carboxylic acid groups (broad SMARTS) is 1. The number of imide groups is 1. The van der Waals surface area contributed by atoms with Gasteiger partial charge in [0.1, 0.15) is 11.8 Å². The van der Waals surface area contributed by atoms with Crippen molar-refractivity contribution in [3.05, 3.63) is 99.4 Å². The first-order chi connectivity index (χ1) is 18.1. The number of amides is 3. The number of aliphatic carboxylic acids is 1. The van der Waals surface area contributed by atoms with Crippen LogP contribution in [0, 0.1) is 0 Å². The lowest BCUT2D eigenvalue weighted by Crippen LogP contribution is -2.52. The van der Waals surface area contributed by atoms with Gasteiger partial charge in [-0.05, 0) is 60.3 Å². The van der Waals surface area contributed by atoms with Crippen LogP contribution in [0.5, 0.6) is 5.75 Å². The largest absolute Gasteiger partial charge is 0.508 e. The third kappa shape index (κ3) is 6.00. The predicted molar refractivity (Wildman–Crippen MR) is 143 cm³/mol. The quantitative estimate of drug-likeness (QED) is 0.188. The summed E-state index contributed by atoms with van der Waals surface area (Å²) in [6, 6.07) is 18.0. The lowest BCUT2D eigenvalue weighted by molar-refractivity contribution is -0.139. The Labute approximate surface area is 226 Å². The first kappa shape index (κ1) is 26.8. The minimum absolute atomic E-state index is 0.0724. The van der Waals surface area contributed by atoms with Crippen LogP contribution in [0.4, 0.5) is 0 Å². The lowest BCUT2D eigenvalue weighted by Gasteiger charge is -2.24. The van der Waals surface area contributed by atoms with Gasteiger partial charge >= 0.3 is 5.97 Å². The highest BCUT2D eigenvalue weighted by atomic mass is 35.5. The number of phenols is 1. The molecule has 3 amide bonds. The Morgan fingerprint density at radius 1 is 0.974 bits per heavy atom. The molecule has 11 heteroatoms. The van der Waals surface area contributed by atoms with E-state index in [4.69, 9.17) is 11.6 Å².